The highest BCUT2D eigenvalue weighted by atomic mass is 35.5. The van der Waals surface area contributed by atoms with Gasteiger partial charge >= 0.3 is 0 Å². The van der Waals surface area contributed by atoms with Crippen molar-refractivity contribution in [3.8, 4) is 5.95 Å². The number of aromatic nitrogens is 5. The first-order valence-electron chi connectivity index (χ1n) is 6.37. The minimum absolute atomic E-state index is 0.158. The zero-order chi connectivity index (χ0) is 13.7. The Labute approximate surface area is 117 Å². The molecule has 7 heteroatoms. The lowest BCUT2D eigenvalue weighted by molar-refractivity contribution is 0.639. The van der Waals surface area contributed by atoms with Crippen molar-refractivity contribution in [1.29, 1.82) is 0 Å². The summed E-state index contributed by atoms with van der Waals surface area (Å²) in [4.78, 5) is 12.4. The normalized spacial score (nSPS) is 12.4. The van der Waals surface area contributed by atoms with Crippen molar-refractivity contribution in [2.24, 2.45) is 0 Å². The quantitative estimate of drug-likeness (QED) is 0.881. The number of anilines is 1. The largest absolute Gasteiger partial charge is 0.352 e. The Bertz CT molecular complexity index is 513. The van der Waals surface area contributed by atoms with E-state index in [4.69, 9.17) is 11.6 Å². The number of rotatable bonds is 6. The Hall–Kier alpha value is -1.69. The van der Waals surface area contributed by atoms with Gasteiger partial charge in [0.15, 0.2) is 0 Å². The highest BCUT2D eigenvalue weighted by Gasteiger charge is 2.09. The molecule has 0 aliphatic carbocycles. The fraction of sp³-hybridized carbons (Fsp3) is 0.500. The van der Waals surface area contributed by atoms with Crippen LogP contribution < -0.4 is 5.32 Å². The maximum atomic E-state index is 5.91. The third kappa shape index (κ3) is 3.89. The van der Waals surface area contributed by atoms with Crippen molar-refractivity contribution in [3.63, 3.8) is 0 Å². The average molecular weight is 281 g/mol. The Morgan fingerprint density at radius 3 is 2.89 bits per heavy atom. The first-order chi connectivity index (χ1) is 9.19. The second kappa shape index (κ2) is 6.47. The second-order valence-electron chi connectivity index (χ2n) is 4.37. The lowest BCUT2D eigenvalue weighted by atomic mass is 10.1. The molecule has 0 saturated carbocycles. The summed E-state index contributed by atoms with van der Waals surface area (Å²) in [7, 11) is 0. The third-order valence-electron chi connectivity index (χ3n) is 2.67. The SMILES string of the molecule is CCCCC(C)Nc1nc(Cl)nc(-n2cccn2)n1. The van der Waals surface area contributed by atoms with Gasteiger partial charge in [0, 0.05) is 18.4 Å². The molecule has 1 atom stereocenters. The van der Waals surface area contributed by atoms with E-state index in [1.807, 2.05) is 0 Å². The van der Waals surface area contributed by atoms with E-state index < -0.39 is 0 Å². The van der Waals surface area contributed by atoms with Crippen LogP contribution in [0.1, 0.15) is 33.1 Å². The van der Waals surface area contributed by atoms with E-state index in [-0.39, 0.29) is 5.28 Å². The van der Waals surface area contributed by atoms with Crippen LogP contribution in [0.3, 0.4) is 0 Å². The number of nitrogens with zero attached hydrogens (tertiary/aromatic N) is 5. The molecule has 2 heterocycles. The maximum absolute atomic E-state index is 5.91. The number of nitrogens with one attached hydrogen (secondary N) is 1. The van der Waals surface area contributed by atoms with Gasteiger partial charge < -0.3 is 5.32 Å². The van der Waals surface area contributed by atoms with Crippen LogP contribution in [0.5, 0.6) is 0 Å². The van der Waals surface area contributed by atoms with Crippen molar-refractivity contribution in [1.82, 2.24) is 24.7 Å². The number of hydrogen-bond donors (Lipinski definition) is 1. The highest BCUT2D eigenvalue weighted by molar-refractivity contribution is 6.28. The van der Waals surface area contributed by atoms with E-state index in [0.717, 1.165) is 6.42 Å². The van der Waals surface area contributed by atoms with Gasteiger partial charge in [-0.3, -0.25) is 0 Å². The van der Waals surface area contributed by atoms with Crippen molar-refractivity contribution in [3.05, 3.63) is 23.7 Å². The summed E-state index contributed by atoms with van der Waals surface area (Å²) >= 11 is 5.91. The van der Waals surface area contributed by atoms with Crippen LogP contribution in [0.4, 0.5) is 5.95 Å². The van der Waals surface area contributed by atoms with Crippen molar-refractivity contribution in [2.75, 3.05) is 5.32 Å². The van der Waals surface area contributed by atoms with Crippen LogP contribution in [-0.2, 0) is 0 Å². The van der Waals surface area contributed by atoms with Crippen LogP contribution >= 0.6 is 11.6 Å². The molecule has 0 saturated heterocycles. The Kier molecular flexibility index (Phi) is 4.68. The first kappa shape index (κ1) is 13.7. The molecule has 19 heavy (non-hydrogen) atoms. The van der Waals surface area contributed by atoms with Crippen molar-refractivity contribution < 1.29 is 0 Å². The third-order valence-corrected chi connectivity index (χ3v) is 2.84. The predicted octanol–water partition coefficient (Wildman–Crippen LogP) is 2.70. The molecule has 0 fully saturated rings. The van der Waals surface area contributed by atoms with Crippen LogP contribution in [-0.4, -0.2) is 30.8 Å². The molecule has 0 aromatic carbocycles. The van der Waals surface area contributed by atoms with Crippen molar-refractivity contribution >= 4 is 17.5 Å². The molecule has 1 unspecified atom stereocenters. The summed E-state index contributed by atoms with van der Waals surface area (Å²) in [6.07, 6.45) is 6.82. The molecule has 0 aliphatic heterocycles. The van der Waals surface area contributed by atoms with Crippen LogP contribution in [0, 0.1) is 0 Å². The van der Waals surface area contributed by atoms with Gasteiger partial charge in [0.05, 0.1) is 0 Å². The lowest BCUT2D eigenvalue weighted by Crippen LogP contribution is -2.18. The van der Waals surface area contributed by atoms with E-state index in [1.54, 1.807) is 23.1 Å². The summed E-state index contributed by atoms with van der Waals surface area (Å²) in [5.41, 5.74) is 0. The fourth-order valence-corrected chi connectivity index (χ4v) is 1.85. The smallest absolute Gasteiger partial charge is 0.256 e. The topological polar surface area (TPSA) is 68.5 Å². The maximum Gasteiger partial charge on any atom is 0.256 e. The van der Waals surface area contributed by atoms with Gasteiger partial charge in [-0.15, -0.1) is 0 Å². The average Bonchev–Trinajstić information content (AvgIpc) is 2.89. The zero-order valence-electron chi connectivity index (χ0n) is 11.0. The second-order valence-corrected chi connectivity index (χ2v) is 4.70. The summed E-state index contributed by atoms with van der Waals surface area (Å²) in [6, 6.07) is 2.10. The molecule has 0 spiro atoms. The van der Waals surface area contributed by atoms with Crippen molar-refractivity contribution in [2.45, 2.75) is 39.2 Å². The number of halogens is 1. The van der Waals surface area contributed by atoms with E-state index in [1.165, 1.54) is 12.8 Å². The van der Waals surface area contributed by atoms with Gasteiger partial charge in [-0.05, 0) is 31.0 Å². The van der Waals surface area contributed by atoms with Gasteiger partial charge in [0.1, 0.15) is 0 Å². The Morgan fingerprint density at radius 1 is 1.37 bits per heavy atom. The highest BCUT2D eigenvalue weighted by Crippen LogP contribution is 2.11. The van der Waals surface area contributed by atoms with E-state index >= 15 is 0 Å². The van der Waals surface area contributed by atoms with Gasteiger partial charge in [0.2, 0.25) is 11.2 Å². The van der Waals surface area contributed by atoms with E-state index in [9.17, 15) is 0 Å². The monoisotopic (exact) mass is 280 g/mol. The van der Waals surface area contributed by atoms with Crippen LogP contribution in [0.15, 0.2) is 18.5 Å². The molecular weight excluding hydrogens is 264 g/mol. The minimum atomic E-state index is 0.158. The standard InChI is InChI=1S/C12H17ClN6/c1-3-4-6-9(2)15-11-16-10(13)17-12(18-11)19-8-5-7-14-19/h5,7-9H,3-4,6H2,1-2H3,(H,15,16,17,18). The number of hydrogen-bond acceptors (Lipinski definition) is 5. The molecule has 0 amide bonds. The minimum Gasteiger partial charge on any atom is -0.352 e. The van der Waals surface area contributed by atoms with Gasteiger partial charge in [-0.25, -0.2) is 4.68 Å². The Balaban J connectivity index is 2.13. The zero-order valence-corrected chi connectivity index (χ0v) is 11.8. The molecule has 0 aliphatic rings. The molecular formula is C12H17ClN6. The molecule has 2 rings (SSSR count). The molecule has 0 radical (unpaired) electrons. The fourth-order valence-electron chi connectivity index (χ4n) is 1.70. The first-order valence-corrected chi connectivity index (χ1v) is 6.75. The molecule has 2 aromatic heterocycles. The van der Waals surface area contributed by atoms with E-state index in [2.05, 4.69) is 39.2 Å². The van der Waals surface area contributed by atoms with E-state index in [0.29, 0.717) is 17.9 Å². The molecule has 2 aromatic rings. The molecule has 102 valence electrons. The van der Waals surface area contributed by atoms with Crippen LogP contribution in [0.2, 0.25) is 5.28 Å². The van der Waals surface area contributed by atoms with Gasteiger partial charge in [-0.2, -0.15) is 20.1 Å². The van der Waals surface area contributed by atoms with Gasteiger partial charge in [0.25, 0.3) is 5.95 Å². The van der Waals surface area contributed by atoms with Crippen LogP contribution in [0.25, 0.3) is 5.95 Å². The molecule has 0 bridgehead atoms. The molecule has 1 N–H and O–H groups in total. The molecule has 6 nitrogen and oxygen atoms in total. The summed E-state index contributed by atoms with van der Waals surface area (Å²) in [5.74, 6) is 0.893. The summed E-state index contributed by atoms with van der Waals surface area (Å²) in [5, 5.41) is 7.47. The predicted molar refractivity (Wildman–Crippen MR) is 74.6 cm³/mol. The summed E-state index contributed by atoms with van der Waals surface area (Å²) in [6.45, 7) is 4.27. The number of unbranched alkanes of at least 4 members (excludes halogenated alkanes) is 1. The Morgan fingerprint density at radius 2 is 2.21 bits per heavy atom. The summed E-state index contributed by atoms with van der Waals surface area (Å²) < 4.78 is 1.55. The van der Waals surface area contributed by atoms with Gasteiger partial charge in [-0.1, -0.05) is 19.8 Å². The lowest BCUT2D eigenvalue weighted by Gasteiger charge is -2.13.